The van der Waals surface area contributed by atoms with Crippen LogP contribution in [0.25, 0.3) is 0 Å². The van der Waals surface area contributed by atoms with Gasteiger partial charge in [0.25, 0.3) is 0 Å². The van der Waals surface area contributed by atoms with E-state index in [-0.39, 0.29) is 24.0 Å². The number of anilines is 1. The van der Waals surface area contributed by atoms with Crippen molar-refractivity contribution in [2.24, 2.45) is 10.9 Å². The Bertz CT molecular complexity index is 611. The number of ether oxygens (including phenoxy) is 1. The molecule has 2 N–H and O–H groups in total. The highest BCUT2D eigenvalue weighted by molar-refractivity contribution is 14.0. The van der Waals surface area contributed by atoms with Crippen molar-refractivity contribution in [3.63, 3.8) is 0 Å². The zero-order valence-electron chi connectivity index (χ0n) is 18.7. The van der Waals surface area contributed by atoms with Crippen LogP contribution in [0, 0.1) is 5.92 Å². The highest BCUT2D eigenvalue weighted by atomic mass is 127. The van der Waals surface area contributed by atoms with Crippen LogP contribution >= 0.6 is 24.0 Å². The molecule has 2 fully saturated rings. The summed E-state index contributed by atoms with van der Waals surface area (Å²) in [7, 11) is 0. The minimum absolute atomic E-state index is 0. The number of aliphatic imine (C=N–C) groups is 1. The zero-order valence-corrected chi connectivity index (χ0v) is 21.1. The van der Waals surface area contributed by atoms with E-state index in [1.54, 1.807) is 0 Å². The third kappa shape index (κ3) is 8.59. The minimum atomic E-state index is 0. The first-order chi connectivity index (χ1) is 14.2. The van der Waals surface area contributed by atoms with Crippen LogP contribution in [-0.2, 0) is 11.3 Å². The highest BCUT2D eigenvalue weighted by Crippen LogP contribution is 2.23. The minimum Gasteiger partial charge on any atom is -0.379 e. The molecule has 0 bridgehead atoms. The largest absolute Gasteiger partial charge is 0.379 e. The second-order valence-electron chi connectivity index (χ2n) is 8.27. The molecule has 3 rings (SSSR count). The summed E-state index contributed by atoms with van der Waals surface area (Å²) in [5.41, 5.74) is 2.60. The van der Waals surface area contributed by atoms with Crippen molar-refractivity contribution in [3.8, 4) is 0 Å². The lowest BCUT2D eigenvalue weighted by Crippen LogP contribution is -2.40. The smallest absolute Gasteiger partial charge is 0.191 e. The standard InChI is InChI=1S/C23H39N5O.HI/c1-3-24-23(25-11-4-12-27-15-17-29-18-16-27)26-19-21-5-7-22(8-6-21)28-13-9-20(2)10-14-28;/h5-8,20H,3-4,9-19H2,1-2H3,(H2,24,25,26);1H. The predicted octanol–water partition coefficient (Wildman–Crippen LogP) is 3.32. The van der Waals surface area contributed by atoms with Gasteiger partial charge in [0.1, 0.15) is 0 Å². The third-order valence-electron chi connectivity index (χ3n) is 5.90. The molecule has 0 amide bonds. The van der Waals surface area contributed by atoms with E-state index in [0.29, 0.717) is 6.54 Å². The van der Waals surface area contributed by atoms with E-state index in [9.17, 15) is 0 Å². The van der Waals surface area contributed by atoms with Crippen molar-refractivity contribution < 1.29 is 4.74 Å². The Morgan fingerprint density at radius 3 is 2.43 bits per heavy atom. The fourth-order valence-electron chi connectivity index (χ4n) is 3.93. The van der Waals surface area contributed by atoms with Crippen LogP contribution in [-0.4, -0.2) is 69.9 Å². The normalized spacial score (nSPS) is 18.7. The Balaban J connectivity index is 0.00000320. The van der Waals surface area contributed by atoms with Gasteiger partial charge in [0.05, 0.1) is 19.8 Å². The second kappa shape index (κ2) is 14.1. The fraction of sp³-hybridized carbons (Fsp3) is 0.696. The Labute approximate surface area is 199 Å². The SMILES string of the molecule is CCNC(=NCc1ccc(N2CCC(C)CC2)cc1)NCCCN1CCOCC1.I. The molecule has 7 heteroatoms. The van der Waals surface area contributed by atoms with Crippen molar-refractivity contribution in [2.75, 3.05) is 63.9 Å². The average molecular weight is 530 g/mol. The molecule has 2 aliphatic heterocycles. The average Bonchev–Trinajstić information content (AvgIpc) is 2.76. The van der Waals surface area contributed by atoms with Gasteiger partial charge in [-0.25, -0.2) is 4.99 Å². The molecule has 0 atom stereocenters. The van der Waals surface area contributed by atoms with Crippen molar-refractivity contribution in [3.05, 3.63) is 29.8 Å². The molecule has 2 saturated heterocycles. The van der Waals surface area contributed by atoms with Gasteiger partial charge in [0.2, 0.25) is 0 Å². The zero-order chi connectivity index (χ0) is 20.3. The van der Waals surface area contributed by atoms with Crippen molar-refractivity contribution in [1.29, 1.82) is 0 Å². The van der Waals surface area contributed by atoms with Gasteiger partial charge in [-0.2, -0.15) is 0 Å². The number of hydrogen-bond donors (Lipinski definition) is 2. The van der Waals surface area contributed by atoms with Crippen LogP contribution in [0.2, 0.25) is 0 Å². The Morgan fingerprint density at radius 2 is 1.77 bits per heavy atom. The molecule has 6 nitrogen and oxygen atoms in total. The number of nitrogens with zero attached hydrogens (tertiary/aromatic N) is 3. The Morgan fingerprint density at radius 1 is 1.07 bits per heavy atom. The maximum atomic E-state index is 5.41. The maximum absolute atomic E-state index is 5.41. The number of hydrogen-bond acceptors (Lipinski definition) is 4. The van der Waals surface area contributed by atoms with Crippen LogP contribution in [0.15, 0.2) is 29.3 Å². The van der Waals surface area contributed by atoms with E-state index in [2.05, 4.69) is 58.5 Å². The number of halogens is 1. The summed E-state index contributed by atoms with van der Waals surface area (Å²) < 4.78 is 5.41. The van der Waals surface area contributed by atoms with E-state index in [0.717, 1.165) is 64.2 Å². The number of nitrogens with one attached hydrogen (secondary N) is 2. The summed E-state index contributed by atoms with van der Waals surface area (Å²) in [6, 6.07) is 8.95. The van der Waals surface area contributed by atoms with Crippen LogP contribution < -0.4 is 15.5 Å². The van der Waals surface area contributed by atoms with Gasteiger partial charge in [-0.1, -0.05) is 19.1 Å². The molecule has 0 spiro atoms. The number of piperidine rings is 1. The summed E-state index contributed by atoms with van der Waals surface area (Å²) in [6.07, 6.45) is 3.72. The number of guanidine groups is 1. The molecule has 0 unspecified atom stereocenters. The highest BCUT2D eigenvalue weighted by Gasteiger charge is 2.15. The molecule has 30 heavy (non-hydrogen) atoms. The molecule has 1 aromatic carbocycles. The number of morpholine rings is 1. The van der Waals surface area contributed by atoms with E-state index in [1.165, 1.54) is 37.2 Å². The van der Waals surface area contributed by atoms with Gasteiger partial charge in [-0.05, 0) is 56.3 Å². The van der Waals surface area contributed by atoms with Gasteiger partial charge in [0.15, 0.2) is 5.96 Å². The first-order valence-electron chi connectivity index (χ1n) is 11.4. The fourth-order valence-corrected chi connectivity index (χ4v) is 3.93. The number of benzene rings is 1. The molecule has 2 heterocycles. The molecule has 0 radical (unpaired) electrons. The number of rotatable bonds is 8. The summed E-state index contributed by atoms with van der Waals surface area (Å²) in [5, 5.41) is 6.83. The lowest BCUT2D eigenvalue weighted by molar-refractivity contribution is 0.0376. The Kier molecular flexibility index (Phi) is 11.8. The van der Waals surface area contributed by atoms with Gasteiger partial charge in [0, 0.05) is 45.0 Å². The molecular formula is C23H40IN5O. The van der Waals surface area contributed by atoms with Gasteiger partial charge >= 0.3 is 0 Å². The van der Waals surface area contributed by atoms with Crippen LogP contribution in [0.1, 0.15) is 38.7 Å². The van der Waals surface area contributed by atoms with Crippen molar-refractivity contribution in [1.82, 2.24) is 15.5 Å². The third-order valence-corrected chi connectivity index (χ3v) is 5.90. The second-order valence-corrected chi connectivity index (χ2v) is 8.27. The lowest BCUT2D eigenvalue weighted by Gasteiger charge is -2.32. The molecule has 0 aromatic heterocycles. The predicted molar refractivity (Wildman–Crippen MR) is 137 cm³/mol. The molecule has 1 aromatic rings. The van der Waals surface area contributed by atoms with Crippen LogP contribution in [0.3, 0.4) is 0 Å². The summed E-state index contributed by atoms with van der Waals surface area (Å²) in [5.74, 6) is 1.77. The molecular weight excluding hydrogens is 489 g/mol. The van der Waals surface area contributed by atoms with E-state index in [4.69, 9.17) is 9.73 Å². The van der Waals surface area contributed by atoms with Gasteiger partial charge in [-0.15, -0.1) is 24.0 Å². The van der Waals surface area contributed by atoms with Crippen LogP contribution in [0.5, 0.6) is 0 Å². The maximum Gasteiger partial charge on any atom is 0.191 e. The molecule has 170 valence electrons. The monoisotopic (exact) mass is 529 g/mol. The van der Waals surface area contributed by atoms with E-state index in [1.807, 2.05) is 0 Å². The van der Waals surface area contributed by atoms with Gasteiger partial charge < -0.3 is 20.3 Å². The van der Waals surface area contributed by atoms with Gasteiger partial charge in [-0.3, -0.25) is 4.90 Å². The summed E-state index contributed by atoms with van der Waals surface area (Å²) in [6.45, 7) is 14.3. The lowest BCUT2D eigenvalue weighted by atomic mass is 9.99. The Hall–Kier alpha value is -1.06. The summed E-state index contributed by atoms with van der Waals surface area (Å²) >= 11 is 0. The first kappa shape index (κ1) is 25.2. The first-order valence-corrected chi connectivity index (χ1v) is 11.4. The topological polar surface area (TPSA) is 52.1 Å². The van der Waals surface area contributed by atoms with Crippen LogP contribution in [0.4, 0.5) is 5.69 Å². The van der Waals surface area contributed by atoms with E-state index >= 15 is 0 Å². The van der Waals surface area contributed by atoms with Crippen molar-refractivity contribution in [2.45, 2.75) is 39.7 Å². The molecule has 0 saturated carbocycles. The molecule has 0 aliphatic carbocycles. The van der Waals surface area contributed by atoms with E-state index < -0.39 is 0 Å². The quantitative estimate of drug-likeness (QED) is 0.234. The van der Waals surface area contributed by atoms with Crippen molar-refractivity contribution >= 4 is 35.6 Å². The molecule has 2 aliphatic rings. The summed E-state index contributed by atoms with van der Waals surface area (Å²) in [4.78, 5) is 9.75.